The molecule has 0 unspecified atom stereocenters. The molecule has 1 aromatic carbocycles. The summed E-state index contributed by atoms with van der Waals surface area (Å²) in [6.45, 7) is 1.76. The summed E-state index contributed by atoms with van der Waals surface area (Å²) < 4.78 is 0. The van der Waals surface area contributed by atoms with Crippen molar-refractivity contribution in [2.75, 3.05) is 25.5 Å². The highest BCUT2D eigenvalue weighted by Gasteiger charge is 2.18. The summed E-state index contributed by atoms with van der Waals surface area (Å²) in [5.74, 6) is -0.959. The largest absolute Gasteiger partial charge is 0.478 e. The molecule has 0 heterocycles. The molecule has 1 aliphatic carbocycles. The molecule has 1 saturated carbocycles. The highest BCUT2D eigenvalue weighted by atomic mass is 35.5. The van der Waals surface area contributed by atoms with Crippen LogP contribution < -0.4 is 5.32 Å². The van der Waals surface area contributed by atoms with Crippen molar-refractivity contribution in [3.05, 3.63) is 28.8 Å². The van der Waals surface area contributed by atoms with Crippen molar-refractivity contribution in [2.24, 2.45) is 0 Å². The second kappa shape index (κ2) is 6.95. The molecule has 5 heteroatoms. The molecular formula is C15H21ClN2O2. The van der Waals surface area contributed by atoms with Crippen molar-refractivity contribution >= 4 is 23.3 Å². The summed E-state index contributed by atoms with van der Waals surface area (Å²) in [7, 11) is 2.16. The van der Waals surface area contributed by atoms with E-state index in [2.05, 4.69) is 17.3 Å². The van der Waals surface area contributed by atoms with Crippen molar-refractivity contribution in [2.45, 2.75) is 31.7 Å². The molecule has 1 aliphatic rings. The third-order valence-electron chi connectivity index (χ3n) is 3.94. The molecule has 110 valence electrons. The van der Waals surface area contributed by atoms with Crippen LogP contribution in [0, 0.1) is 0 Å². The van der Waals surface area contributed by atoms with Gasteiger partial charge < -0.3 is 15.3 Å². The lowest BCUT2D eigenvalue weighted by Gasteiger charge is -2.24. The van der Waals surface area contributed by atoms with Gasteiger partial charge in [0.2, 0.25) is 0 Å². The summed E-state index contributed by atoms with van der Waals surface area (Å²) >= 11 is 6.08. The summed E-state index contributed by atoms with van der Waals surface area (Å²) in [5.41, 5.74) is 1.00. The Balaban J connectivity index is 1.83. The number of hydrogen-bond acceptors (Lipinski definition) is 3. The van der Waals surface area contributed by atoms with Gasteiger partial charge in [-0.3, -0.25) is 0 Å². The van der Waals surface area contributed by atoms with Gasteiger partial charge in [0.25, 0.3) is 0 Å². The molecule has 4 nitrogen and oxygen atoms in total. The van der Waals surface area contributed by atoms with Crippen LogP contribution in [-0.4, -0.2) is 42.2 Å². The Morgan fingerprint density at radius 3 is 2.75 bits per heavy atom. The van der Waals surface area contributed by atoms with Gasteiger partial charge >= 0.3 is 5.97 Å². The number of halogens is 1. The summed E-state index contributed by atoms with van der Waals surface area (Å²) in [5, 5.41) is 12.6. The molecular weight excluding hydrogens is 276 g/mol. The number of anilines is 1. The van der Waals surface area contributed by atoms with E-state index in [1.807, 2.05) is 0 Å². The number of nitrogens with zero attached hydrogens (tertiary/aromatic N) is 1. The Hall–Kier alpha value is -1.26. The number of carboxylic acids is 1. The smallest absolute Gasteiger partial charge is 0.335 e. The summed E-state index contributed by atoms with van der Waals surface area (Å²) in [4.78, 5) is 13.2. The van der Waals surface area contributed by atoms with Crippen LogP contribution >= 0.6 is 11.6 Å². The van der Waals surface area contributed by atoms with E-state index >= 15 is 0 Å². The quantitative estimate of drug-likeness (QED) is 0.845. The van der Waals surface area contributed by atoms with Crippen molar-refractivity contribution in [3.63, 3.8) is 0 Å². The number of benzene rings is 1. The van der Waals surface area contributed by atoms with Gasteiger partial charge in [-0.05, 0) is 38.1 Å². The first-order chi connectivity index (χ1) is 9.58. The molecule has 0 saturated heterocycles. The van der Waals surface area contributed by atoms with Crippen LogP contribution in [0.5, 0.6) is 0 Å². The van der Waals surface area contributed by atoms with Crippen molar-refractivity contribution in [1.82, 2.24) is 4.90 Å². The SMILES string of the molecule is CN(CCNc1ccc(C(=O)O)cc1Cl)C1CCCC1. The Kier molecular flexibility index (Phi) is 5.26. The lowest BCUT2D eigenvalue weighted by Crippen LogP contribution is -2.33. The van der Waals surface area contributed by atoms with E-state index in [0.29, 0.717) is 11.1 Å². The zero-order valence-corrected chi connectivity index (χ0v) is 12.5. The first kappa shape index (κ1) is 15.1. The number of rotatable bonds is 6. The standard InChI is InChI=1S/C15H21ClN2O2/c1-18(12-4-2-3-5-12)9-8-17-14-7-6-11(15(19)20)10-13(14)16/h6-7,10,12,17H,2-5,8-9H2,1H3,(H,19,20). The van der Waals surface area contributed by atoms with Gasteiger partial charge in [-0.25, -0.2) is 4.79 Å². The number of hydrogen-bond donors (Lipinski definition) is 2. The highest BCUT2D eigenvalue weighted by molar-refractivity contribution is 6.33. The van der Waals surface area contributed by atoms with Crippen LogP contribution in [0.2, 0.25) is 5.02 Å². The maximum atomic E-state index is 10.8. The third kappa shape index (κ3) is 3.87. The number of aromatic carboxylic acids is 1. The monoisotopic (exact) mass is 296 g/mol. The maximum Gasteiger partial charge on any atom is 0.335 e. The zero-order valence-electron chi connectivity index (χ0n) is 11.7. The minimum absolute atomic E-state index is 0.212. The Bertz CT molecular complexity index is 473. The predicted octanol–water partition coefficient (Wildman–Crippen LogP) is 3.32. The highest BCUT2D eigenvalue weighted by Crippen LogP contribution is 2.24. The van der Waals surface area contributed by atoms with Gasteiger partial charge in [0, 0.05) is 19.1 Å². The second-order valence-corrected chi connectivity index (χ2v) is 5.75. The summed E-state index contributed by atoms with van der Waals surface area (Å²) in [6, 6.07) is 5.48. The van der Waals surface area contributed by atoms with E-state index in [9.17, 15) is 4.79 Å². The van der Waals surface area contributed by atoms with E-state index in [4.69, 9.17) is 16.7 Å². The number of carbonyl (C=O) groups is 1. The Morgan fingerprint density at radius 1 is 1.45 bits per heavy atom. The molecule has 0 atom stereocenters. The van der Waals surface area contributed by atoms with Crippen LogP contribution in [0.15, 0.2) is 18.2 Å². The van der Waals surface area contributed by atoms with Crippen LogP contribution in [-0.2, 0) is 0 Å². The lowest BCUT2D eigenvalue weighted by molar-refractivity contribution is 0.0697. The van der Waals surface area contributed by atoms with Gasteiger partial charge in [0.15, 0.2) is 0 Å². The minimum atomic E-state index is -0.959. The van der Waals surface area contributed by atoms with Crippen molar-refractivity contribution in [3.8, 4) is 0 Å². The van der Waals surface area contributed by atoms with Gasteiger partial charge in [-0.15, -0.1) is 0 Å². The van der Waals surface area contributed by atoms with Crippen LogP contribution in [0.1, 0.15) is 36.0 Å². The fraction of sp³-hybridized carbons (Fsp3) is 0.533. The number of nitrogens with one attached hydrogen (secondary N) is 1. The van der Waals surface area contributed by atoms with Crippen LogP contribution in [0.25, 0.3) is 0 Å². The molecule has 2 N–H and O–H groups in total. The molecule has 0 bridgehead atoms. The molecule has 0 aromatic heterocycles. The first-order valence-corrected chi connectivity index (χ1v) is 7.42. The van der Waals surface area contributed by atoms with Gasteiger partial charge in [0.1, 0.15) is 0 Å². The molecule has 0 aliphatic heterocycles. The van der Waals surface area contributed by atoms with E-state index in [-0.39, 0.29) is 5.56 Å². The summed E-state index contributed by atoms with van der Waals surface area (Å²) in [6.07, 6.45) is 5.27. The number of likely N-dealkylation sites (N-methyl/N-ethyl adjacent to an activating group) is 1. The Morgan fingerprint density at radius 2 is 2.15 bits per heavy atom. The second-order valence-electron chi connectivity index (χ2n) is 5.35. The average Bonchev–Trinajstić information content (AvgIpc) is 2.94. The molecule has 0 amide bonds. The fourth-order valence-corrected chi connectivity index (χ4v) is 2.93. The van der Waals surface area contributed by atoms with Crippen LogP contribution in [0.4, 0.5) is 5.69 Å². The third-order valence-corrected chi connectivity index (χ3v) is 4.26. The fourth-order valence-electron chi connectivity index (χ4n) is 2.69. The van der Waals surface area contributed by atoms with Gasteiger partial charge in [0.05, 0.1) is 16.3 Å². The van der Waals surface area contributed by atoms with Gasteiger partial charge in [-0.1, -0.05) is 24.4 Å². The van der Waals surface area contributed by atoms with E-state index in [1.165, 1.54) is 31.7 Å². The van der Waals surface area contributed by atoms with E-state index in [1.54, 1.807) is 12.1 Å². The minimum Gasteiger partial charge on any atom is -0.478 e. The molecule has 0 radical (unpaired) electrons. The first-order valence-electron chi connectivity index (χ1n) is 7.05. The van der Waals surface area contributed by atoms with E-state index in [0.717, 1.165) is 18.8 Å². The topological polar surface area (TPSA) is 52.6 Å². The molecule has 2 rings (SSSR count). The average molecular weight is 297 g/mol. The molecule has 1 fully saturated rings. The molecule has 1 aromatic rings. The maximum absolute atomic E-state index is 10.8. The number of carboxylic acid groups (broad SMARTS) is 1. The zero-order chi connectivity index (χ0) is 14.5. The van der Waals surface area contributed by atoms with Crippen molar-refractivity contribution < 1.29 is 9.90 Å². The molecule has 20 heavy (non-hydrogen) atoms. The normalized spacial score (nSPS) is 15.8. The predicted molar refractivity (Wildman–Crippen MR) is 81.8 cm³/mol. The van der Waals surface area contributed by atoms with Crippen molar-refractivity contribution in [1.29, 1.82) is 0 Å². The van der Waals surface area contributed by atoms with Crippen LogP contribution in [0.3, 0.4) is 0 Å². The Labute approximate surface area is 124 Å². The molecule has 0 spiro atoms. The lowest BCUT2D eigenvalue weighted by atomic mass is 10.2. The van der Waals surface area contributed by atoms with E-state index < -0.39 is 5.97 Å². The van der Waals surface area contributed by atoms with Gasteiger partial charge in [-0.2, -0.15) is 0 Å².